The zero-order chi connectivity index (χ0) is 12.1. The van der Waals surface area contributed by atoms with Crippen LogP contribution in [0.1, 0.15) is 25.1 Å². The summed E-state index contributed by atoms with van der Waals surface area (Å²) < 4.78 is 3.50. The van der Waals surface area contributed by atoms with Gasteiger partial charge >= 0.3 is 0 Å². The van der Waals surface area contributed by atoms with Crippen molar-refractivity contribution in [3.63, 3.8) is 0 Å². The molecule has 1 aromatic carbocycles. The molecule has 0 spiro atoms. The molecule has 1 saturated carbocycles. The van der Waals surface area contributed by atoms with Crippen LogP contribution in [0.15, 0.2) is 22.7 Å². The maximum Gasteiger partial charge on any atom is 0.124 e. The van der Waals surface area contributed by atoms with Crippen LogP contribution in [0.4, 0.5) is 0 Å². The lowest BCUT2D eigenvalue weighted by Crippen LogP contribution is -2.44. The van der Waals surface area contributed by atoms with E-state index in [4.69, 9.17) is 4.98 Å². The van der Waals surface area contributed by atoms with Crippen LogP contribution in [-0.2, 0) is 13.1 Å². The van der Waals surface area contributed by atoms with Crippen LogP contribution in [0.2, 0.25) is 0 Å². The minimum absolute atomic E-state index is 0.824. The van der Waals surface area contributed by atoms with Gasteiger partial charge in [0.15, 0.2) is 0 Å². The van der Waals surface area contributed by atoms with E-state index in [1.54, 1.807) is 0 Å². The van der Waals surface area contributed by atoms with Crippen molar-refractivity contribution in [3.8, 4) is 0 Å². The van der Waals surface area contributed by atoms with Crippen molar-refractivity contribution in [2.75, 3.05) is 6.54 Å². The number of halogens is 1. The van der Waals surface area contributed by atoms with Crippen molar-refractivity contribution >= 4 is 27.0 Å². The van der Waals surface area contributed by atoms with Crippen LogP contribution in [0.25, 0.3) is 11.0 Å². The summed E-state index contributed by atoms with van der Waals surface area (Å²) in [6, 6.07) is 7.23. The van der Waals surface area contributed by atoms with Crippen LogP contribution in [0.5, 0.6) is 0 Å². The fraction of sp³-hybridized carbons (Fsp3) is 0.500. The van der Waals surface area contributed by atoms with Crippen LogP contribution in [0.3, 0.4) is 0 Å². The van der Waals surface area contributed by atoms with E-state index in [0.717, 1.165) is 29.1 Å². The van der Waals surface area contributed by atoms with Gasteiger partial charge in [-0.25, -0.2) is 4.98 Å². The van der Waals surface area contributed by atoms with Crippen LogP contribution < -0.4 is 0 Å². The van der Waals surface area contributed by atoms with Gasteiger partial charge in [0.25, 0.3) is 0 Å². The molecule has 2 aliphatic rings. The summed E-state index contributed by atoms with van der Waals surface area (Å²) in [7, 11) is 0. The molecule has 0 bridgehead atoms. The highest BCUT2D eigenvalue weighted by Gasteiger charge is 2.29. The molecule has 1 aromatic heterocycles. The van der Waals surface area contributed by atoms with Gasteiger partial charge in [0.2, 0.25) is 0 Å². The third-order valence-electron chi connectivity index (χ3n) is 4.34. The van der Waals surface area contributed by atoms with E-state index in [2.05, 4.69) is 43.6 Å². The Morgan fingerprint density at radius 3 is 2.89 bits per heavy atom. The van der Waals surface area contributed by atoms with Crippen LogP contribution >= 0.6 is 15.9 Å². The minimum atomic E-state index is 0.824. The fourth-order valence-corrected chi connectivity index (χ4v) is 3.42. The minimum Gasteiger partial charge on any atom is -0.326 e. The van der Waals surface area contributed by atoms with Crippen molar-refractivity contribution in [2.45, 2.75) is 38.4 Å². The molecule has 2 aromatic rings. The Balaban J connectivity index is 1.73. The Labute approximate surface area is 115 Å². The van der Waals surface area contributed by atoms with Crippen LogP contribution in [0, 0.1) is 0 Å². The number of hydrogen-bond donors (Lipinski definition) is 0. The van der Waals surface area contributed by atoms with E-state index in [-0.39, 0.29) is 0 Å². The summed E-state index contributed by atoms with van der Waals surface area (Å²) in [5.74, 6) is 1.24. The highest BCUT2D eigenvalue weighted by molar-refractivity contribution is 9.10. The van der Waals surface area contributed by atoms with Crippen molar-refractivity contribution in [3.05, 3.63) is 28.5 Å². The molecule has 0 atom stereocenters. The number of benzene rings is 1. The lowest BCUT2D eigenvalue weighted by atomic mass is 9.91. The molecular formula is C14H16BrN3. The number of imidazole rings is 1. The molecule has 18 heavy (non-hydrogen) atoms. The molecule has 0 saturated heterocycles. The molecule has 1 aliphatic carbocycles. The average Bonchev–Trinajstić information content (AvgIpc) is 2.62. The van der Waals surface area contributed by atoms with Gasteiger partial charge < -0.3 is 4.57 Å². The lowest BCUT2D eigenvalue weighted by Gasteiger charge is -2.39. The third-order valence-corrected chi connectivity index (χ3v) is 4.83. The number of fused-ring (bicyclic) bond motifs is 3. The average molecular weight is 306 g/mol. The molecule has 1 aliphatic heterocycles. The molecular weight excluding hydrogens is 290 g/mol. The second kappa shape index (κ2) is 4.07. The molecule has 4 rings (SSSR count). The quantitative estimate of drug-likeness (QED) is 0.807. The predicted molar refractivity (Wildman–Crippen MR) is 75.5 cm³/mol. The summed E-state index contributed by atoms with van der Waals surface area (Å²) in [6.07, 6.45) is 4.17. The van der Waals surface area contributed by atoms with Crippen molar-refractivity contribution in [1.29, 1.82) is 0 Å². The van der Waals surface area contributed by atoms with Crippen molar-refractivity contribution in [1.82, 2.24) is 14.5 Å². The van der Waals surface area contributed by atoms with Crippen molar-refractivity contribution < 1.29 is 0 Å². The first-order valence-corrected chi connectivity index (χ1v) is 7.49. The number of rotatable bonds is 1. The SMILES string of the molecule is Brc1ccc2c(c1)nc1n2CCN(C2CCC2)C1. The van der Waals surface area contributed by atoms with E-state index >= 15 is 0 Å². The summed E-state index contributed by atoms with van der Waals surface area (Å²) >= 11 is 3.52. The Hall–Kier alpha value is -0.870. The molecule has 0 unspecified atom stereocenters. The second-order valence-electron chi connectivity index (χ2n) is 5.37. The van der Waals surface area contributed by atoms with Gasteiger partial charge in [0.05, 0.1) is 17.6 Å². The van der Waals surface area contributed by atoms with Gasteiger partial charge in [-0.15, -0.1) is 0 Å². The lowest BCUT2D eigenvalue weighted by molar-refractivity contribution is 0.0966. The Morgan fingerprint density at radius 2 is 2.11 bits per heavy atom. The van der Waals surface area contributed by atoms with Gasteiger partial charge in [-0.3, -0.25) is 4.90 Å². The van der Waals surface area contributed by atoms with Crippen LogP contribution in [-0.4, -0.2) is 27.0 Å². The first-order valence-electron chi connectivity index (χ1n) is 6.70. The number of hydrogen-bond acceptors (Lipinski definition) is 2. The Kier molecular flexibility index (Phi) is 2.49. The van der Waals surface area contributed by atoms with E-state index in [9.17, 15) is 0 Å². The summed E-state index contributed by atoms with van der Waals surface area (Å²) in [4.78, 5) is 7.41. The smallest absolute Gasteiger partial charge is 0.124 e. The topological polar surface area (TPSA) is 21.1 Å². The molecule has 2 heterocycles. The first kappa shape index (κ1) is 11.0. The molecule has 4 heteroatoms. The fourth-order valence-electron chi connectivity index (χ4n) is 3.08. The van der Waals surface area contributed by atoms with Gasteiger partial charge in [-0.1, -0.05) is 22.4 Å². The van der Waals surface area contributed by atoms with E-state index in [1.807, 2.05) is 0 Å². The number of aromatic nitrogens is 2. The largest absolute Gasteiger partial charge is 0.326 e. The standard InChI is InChI=1S/C14H16BrN3/c15-10-4-5-13-12(8-10)16-14-9-17(6-7-18(13)14)11-2-1-3-11/h4-5,8,11H,1-3,6-7,9H2. The normalized spacial score (nSPS) is 20.9. The summed E-state index contributed by atoms with van der Waals surface area (Å²) in [5, 5.41) is 0. The first-order chi connectivity index (χ1) is 8.81. The maximum atomic E-state index is 4.80. The van der Waals surface area contributed by atoms with Gasteiger partial charge in [-0.2, -0.15) is 0 Å². The van der Waals surface area contributed by atoms with E-state index < -0.39 is 0 Å². The third kappa shape index (κ3) is 1.62. The molecule has 94 valence electrons. The number of nitrogens with zero attached hydrogens (tertiary/aromatic N) is 3. The maximum absolute atomic E-state index is 4.80. The monoisotopic (exact) mass is 305 g/mol. The van der Waals surface area contributed by atoms with E-state index in [0.29, 0.717) is 0 Å². The van der Waals surface area contributed by atoms with Gasteiger partial charge in [0, 0.05) is 23.6 Å². The predicted octanol–water partition coefficient (Wildman–Crippen LogP) is 3.17. The highest BCUT2D eigenvalue weighted by atomic mass is 79.9. The zero-order valence-corrected chi connectivity index (χ0v) is 11.9. The molecule has 0 amide bonds. The molecule has 0 N–H and O–H groups in total. The summed E-state index contributed by atoms with van der Waals surface area (Å²) in [5.41, 5.74) is 2.40. The molecule has 0 radical (unpaired) electrons. The van der Waals surface area contributed by atoms with E-state index in [1.165, 1.54) is 37.1 Å². The van der Waals surface area contributed by atoms with Gasteiger partial charge in [-0.05, 0) is 31.0 Å². The Morgan fingerprint density at radius 1 is 1.22 bits per heavy atom. The zero-order valence-electron chi connectivity index (χ0n) is 10.3. The van der Waals surface area contributed by atoms with Crippen molar-refractivity contribution in [2.24, 2.45) is 0 Å². The second-order valence-corrected chi connectivity index (χ2v) is 6.28. The Bertz CT molecular complexity index is 600. The molecule has 1 fully saturated rings. The molecule has 3 nitrogen and oxygen atoms in total. The van der Waals surface area contributed by atoms with Gasteiger partial charge in [0.1, 0.15) is 5.82 Å². The summed E-state index contributed by atoms with van der Waals surface area (Å²) in [6.45, 7) is 3.29. The highest BCUT2D eigenvalue weighted by Crippen LogP contribution is 2.30.